The smallest absolute Gasteiger partial charge is 0.137 e. The zero-order chi connectivity index (χ0) is 14.7. The molecule has 0 radical (unpaired) electrons. The van der Waals surface area contributed by atoms with E-state index >= 15 is 0 Å². The molecule has 0 fully saturated rings. The van der Waals surface area contributed by atoms with E-state index in [1.807, 2.05) is 30.5 Å². The maximum atomic E-state index is 8.82. The van der Waals surface area contributed by atoms with E-state index in [9.17, 15) is 0 Å². The average molecular weight is 303 g/mol. The summed E-state index contributed by atoms with van der Waals surface area (Å²) in [5.74, 6) is 0.698. The fourth-order valence-corrected chi connectivity index (χ4v) is 2.44. The number of nitrogens with zero attached hydrogens (tertiary/aromatic N) is 2. The summed E-state index contributed by atoms with van der Waals surface area (Å²) in [6, 6.07) is 7.69. The number of halogens is 1. The lowest BCUT2D eigenvalue weighted by Gasteiger charge is -2.07. The average Bonchev–Trinajstić information content (AvgIpc) is 2.91. The van der Waals surface area contributed by atoms with Crippen LogP contribution in [0, 0.1) is 0 Å². The third-order valence-corrected chi connectivity index (χ3v) is 3.39. The minimum Gasteiger partial charge on any atom is -0.396 e. The number of fused-ring (bicyclic) bond motifs is 1. The molecule has 3 N–H and O–H groups in total. The van der Waals surface area contributed by atoms with Crippen molar-refractivity contribution >= 4 is 28.5 Å². The molecule has 0 unspecified atom stereocenters. The lowest BCUT2D eigenvalue weighted by atomic mass is 10.1. The second kappa shape index (κ2) is 6.11. The second-order valence-electron chi connectivity index (χ2n) is 4.67. The molecule has 0 aromatic carbocycles. The summed E-state index contributed by atoms with van der Waals surface area (Å²) in [6.07, 6.45) is 4.34. The SMILES string of the molecule is OCCCNc1cc(-c2c[nH]c3ncccc23)cc(Cl)n1. The molecule has 108 valence electrons. The van der Waals surface area contributed by atoms with Crippen molar-refractivity contribution < 1.29 is 5.11 Å². The van der Waals surface area contributed by atoms with Crippen molar-refractivity contribution in [3.63, 3.8) is 0 Å². The predicted molar refractivity (Wildman–Crippen MR) is 84.5 cm³/mol. The largest absolute Gasteiger partial charge is 0.396 e. The summed E-state index contributed by atoms with van der Waals surface area (Å²) in [4.78, 5) is 11.7. The number of pyridine rings is 2. The maximum absolute atomic E-state index is 8.82. The van der Waals surface area contributed by atoms with Crippen molar-refractivity contribution in [2.24, 2.45) is 0 Å². The monoisotopic (exact) mass is 302 g/mol. The molecule has 3 heterocycles. The van der Waals surface area contributed by atoms with Crippen molar-refractivity contribution in [2.45, 2.75) is 6.42 Å². The van der Waals surface area contributed by atoms with Gasteiger partial charge < -0.3 is 15.4 Å². The molecule has 0 aliphatic carbocycles. The number of aliphatic hydroxyl groups is 1. The van der Waals surface area contributed by atoms with Crippen molar-refractivity contribution in [1.82, 2.24) is 15.0 Å². The molecule has 3 rings (SSSR count). The highest BCUT2D eigenvalue weighted by Gasteiger charge is 2.09. The number of H-pyrrole nitrogens is 1. The summed E-state index contributed by atoms with van der Waals surface area (Å²) < 4.78 is 0. The Bertz CT molecular complexity index is 756. The lowest BCUT2D eigenvalue weighted by Crippen LogP contribution is -2.05. The van der Waals surface area contributed by atoms with Gasteiger partial charge in [-0.2, -0.15) is 0 Å². The Morgan fingerprint density at radius 2 is 2.24 bits per heavy atom. The number of aliphatic hydroxyl groups excluding tert-OH is 1. The first-order valence-electron chi connectivity index (χ1n) is 6.73. The number of hydrogen-bond acceptors (Lipinski definition) is 4. The first-order valence-corrected chi connectivity index (χ1v) is 7.10. The van der Waals surface area contributed by atoms with Crippen molar-refractivity contribution in [2.75, 3.05) is 18.5 Å². The molecule has 3 aromatic heterocycles. The third-order valence-electron chi connectivity index (χ3n) is 3.20. The molecule has 0 aliphatic rings. The van der Waals surface area contributed by atoms with Gasteiger partial charge in [-0.1, -0.05) is 11.6 Å². The number of aromatic nitrogens is 3. The predicted octanol–water partition coefficient (Wildman–Crippen LogP) is 3.07. The quantitative estimate of drug-likeness (QED) is 0.500. The molecule has 0 spiro atoms. The van der Waals surface area contributed by atoms with Crippen LogP contribution >= 0.6 is 11.6 Å². The van der Waals surface area contributed by atoms with E-state index in [2.05, 4.69) is 20.3 Å². The molecule has 0 bridgehead atoms. The van der Waals surface area contributed by atoms with Gasteiger partial charge in [0.25, 0.3) is 0 Å². The maximum Gasteiger partial charge on any atom is 0.137 e. The van der Waals surface area contributed by atoms with E-state index < -0.39 is 0 Å². The van der Waals surface area contributed by atoms with Gasteiger partial charge in [0.05, 0.1) is 0 Å². The van der Waals surface area contributed by atoms with Crippen LogP contribution in [0.1, 0.15) is 6.42 Å². The molecule has 21 heavy (non-hydrogen) atoms. The molecule has 3 aromatic rings. The van der Waals surface area contributed by atoms with Gasteiger partial charge in [-0.3, -0.25) is 0 Å². The van der Waals surface area contributed by atoms with Crippen LogP contribution < -0.4 is 5.32 Å². The Balaban J connectivity index is 1.98. The Hall–Kier alpha value is -2.11. The van der Waals surface area contributed by atoms with Crippen LogP contribution in [0.4, 0.5) is 5.82 Å². The van der Waals surface area contributed by atoms with Crippen LogP contribution in [-0.4, -0.2) is 33.2 Å². The molecular formula is C15H15ClN4O. The summed E-state index contributed by atoms with van der Waals surface area (Å²) in [6.45, 7) is 0.799. The van der Waals surface area contributed by atoms with Gasteiger partial charge in [0.2, 0.25) is 0 Å². The van der Waals surface area contributed by atoms with Gasteiger partial charge in [-0.15, -0.1) is 0 Å². The van der Waals surface area contributed by atoms with Gasteiger partial charge in [-0.05, 0) is 36.2 Å². The molecule has 5 nitrogen and oxygen atoms in total. The van der Waals surface area contributed by atoms with Gasteiger partial charge in [0.15, 0.2) is 0 Å². The Morgan fingerprint density at radius 3 is 3.10 bits per heavy atom. The van der Waals surface area contributed by atoms with E-state index in [4.69, 9.17) is 16.7 Å². The highest BCUT2D eigenvalue weighted by Crippen LogP contribution is 2.30. The van der Waals surface area contributed by atoms with Gasteiger partial charge in [-0.25, -0.2) is 9.97 Å². The van der Waals surface area contributed by atoms with Crippen LogP contribution in [0.5, 0.6) is 0 Å². The Labute approximate surface area is 127 Å². The fourth-order valence-electron chi connectivity index (χ4n) is 2.23. The minimum absolute atomic E-state index is 0.147. The van der Waals surface area contributed by atoms with E-state index in [1.165, 1.54) is 0 Å². The normalized spacial score (nSPS) is 11.0. The van der Waals surface area contributed by atoms with E-state index in [0.717, 1.165) is 22.2 Å². The summed E-state index contributed by atoms with van der Waals surface area (Å²) >= 11 is 6.10. The van der Waals surface area contributed by atoms with Crippen LogP contribution in [0.3, 0.4) is 0 Å². The number of rotatable bonds is 5. The van der Waals surface area contributed by atoms with Gasteiger partial charge in [0, 0.05) is 36.5 Å². The third kappa shape index (κ3) is 2.99. The lowest BCUT2D eigenvalue weighted by molar-refractivity contribution is 0.292. The van der Waals surface area contributed by atoms with Crippen molar-refractivity contribution in [3.8, 4) is 11.1 Å². The highest BCUT2D eigenvalue weighted by atomic mass is 35.5. The first-order chi connectivity index (χ1) is 10.3. The first kappa shape index (κ1) is 13.9. The Morgan fingerprint density at radius 1 is 1.33 bits per heavy atom. The topological polar surface area (TPSA) is 73.8 Å². The minimum atomic E-state index is 0.147. The van der Waals surface area contributed by atoms with Gasteiger partial charge in [0.1, 0.15) is 16.6 Å². The van der Waals surface area contributed by atoms with Crippen molar-refractivity contribution in [1.29, 1.82) is 0 Å². The number of hydrogen-bond donors (Lipinski definition) is 3. The molecule has 0 atom stereocenters. The standard InChI is InChI=1S/C15H15ClN4O/c16-13-7-10(8-14(20-13)17-5-2-6-21)12-9-19-15-11(12)3-1-4-18-15/h1,3-4,7-9,21H,2,5-6H2,(H,17,20)(H,18,19). The van der Waals surface area contributed by atoms with Gasteiger partial charge >= 0.3 is 0 Å². The van der Waals surface area contributed by atoms with Crippen LogP contribution in [0.25, 0.3) is 22.2 Å². The van der Waals surface area contributed by atoms with Crippen LogP contribution in [-0.2, 0) is 0 Å². The molecule has 0 saturated carbocycles. The number of aromatic amines is 1. The molecular weight excluding hydrogens is 288 g/mol. The zero-order valence-electron chi connectivity index (χ0n) is 11.3. The zero-order valence-corrected chi connectivity index (χ0v) is 12.1. The summed E-state index contributed by atoms with van der Waals surface area (Å²) in [7, 11) is 0. The molecule has 6 heteroatoms. The Kier molecular flexibility index (Phi) is 4.03. The number of nitrogens with one attached hydrogen (secondary N) is 2. The molecule has 0 aliphatic heterocycles. The van der Waals surface area contributed by atoms with Crippen molar-refractivity contribution in [3.05, 3.63) is 41.8 Å². The number of anilines is 1. The van der Waals surface area contributed by atoms with Crippen LogP contribution in [0.2, 0.25) is 5.15 Å². The summed E-state index contributed by atoms with van der Waals surface area (Å²) in [5, 5.41) is 13.5. The van der Waals surface area contributed by atoms with Crippen LogP contribution in [0.15, 0.2) is 36.7 Å². The summed E-state index contributed by atoms with van der Waals surface area (Å²) in [5.41, 5.74) is 2.85. The fraction of sp³-hybridized carbons (Fsp3) is 0.200. The molecule has 0 saturated heterocycles. The second-order valence-corrected chi connectivity index (χ2v) is 5.06. The van der Waals surface area contributed by atoms with E-state index in [0.29, 0.717) is 23.9 Å². The van der Waals surface area contributed by atoms with E-state index in [1.54, 1.807) is 6.20 Å². The molecule has 0 amide bonds. The van der Waals surface area contributed by atoms with E-state index in [-0.39, 0.29) is 6.61 Å². The highest BCUT2D eigenvalue weighted by molar-refractivity contribution is 6.29.